The van der Waals surface area contributed by atoms with Gasteiger partial charge in [-0.1, -0.05) is 12.1 Å². The van der Waals surface area contributed by atoms with Crippen LogP contribution < -0.4 is 10.1 Å². The molecule has 4 nitrogen and oxygen atoms in total. The Hall–Kier alpha value is -3.03. The van der Waals surface area contributed by atoms with Crippen molar-refractivity contribution in [3.63, 3.8) is 0 Å². The van der Waals surface area contributed by atoms with Crippen LogP contribution in [0.4, 0.5) is 23.2 Å². The lowest BCUT2D eigenvalue weighted by Crippen LogP contribution is -2.21. The van der Waals surface area contributed by atoms with Crippen molar-refractivity contribution in [3.8, 4) is 5.75 Å². The van der Waals surface area contributed by atoms with Crippen LogP contribution in [0.3, 0.4) is 0 Å². The van der Waals surface area contributed by atoms with E-state index in [0.717, 1.165) is 29.1 Å². The number of carbonyl (C=O) groups excluding carboxylic acids is 1. The minimum Gasteiger partial charge on any atom is -0.482 e. The molecule has 0 saturated heterocycles. The van der Waals surface area contributed by atoms with Crippen LogP contribution in [0, 0.1) is 12.7 Å². The Bertz CT molecular complexity index is 979. The van der Waals surface area contributed by atoms with Crippen molar-refractivity contribution < 1.29 is 31.5 Å². The molecule has 3 rings (SSSR count). The van der Waals surface area contributed by atoms with Gasteiger partial charge in [0.1, 0.15) is 17.1 Å². The molecule has 3 aromatic rings. The zero-order valence-electron chi connectivity index (χ0n) is 14.2. The molecule has 1 amide bonds. The maximum absolute atomic E-state index is 13.3. The van der Waals surface area contributed by atoms with Crippen LogP contribution in [-0.4, -0.2) is 18.7 Å². The van der Waals surface area contributed by atoms with Crippen molar-refractivity contribution >= 4 is 22.6 Å². The van der Waals surface area contributed by atoms with Gasteiger partial charge < -0.3 is 14.5 Å². The summed E-state index contributed by atoms with van der Waals surface area (Å²) in [6.45, 7) is 0.316. The molecule has 0 bridgehead atoms. The fourth-order valence-electron chi connectivity index (χ4n) is 2.57. The second kappa shape index (κ2) is 7.30. The van der Waals surface area contributed by atoms with Crippen LogP contribution in [0.15, 0.2) is 47.1 Å². The Labute approximate surface area is 151 Å². The molecule has 0 aliphatic rings. The van der Waals surface area contributed by atoms with Gasteiger partial charge in [0.25, 0.3) is 0 Å². The van der Waals surface area contributed by atoms with Gasteiger partial charge in [0.2, 0.25) is 5.91 Å². The summed E-state index contributed by atoms with van der Waals surface area (Å²) >= 11 is 0. The van der Waals surface area contributed by atoms with Gasteiger partial charge in [0.15, 0.2) is 6.61 Å². The molecule has 1 aromatic heterocycles. The molecular weight excluding hydrogens is 366 g/mol. The van der Waals surface area contributed by atoms with Gasteiger partial charge in [-0.3, -0.25) is 4.79 Å². The first-order valence-electron chi connectivity index (χ1n) is 7.97. The van der Waals surface area contributed by atoms with Gasteiger partial charge in [0, 0.05) is 17.0 Å². The molecule has 2 aromatic carbocycles. The minimum absolute atomic E-state index is 0.0469. The first-order chi connectivity index (χ1) is 12.7. The number of fused-ring (bicyclic) bond motifs is 1. The second-order valence-electron chi connectivity index (χ2n) is 6.03. The molecule has 0 spiro atoms. The minimum atomic E-state index is -4.58. The lowest BCUT2D eigenvalue weighted by Gasteiger charge is -2.14. The molecule has 0 aliphatic heterocycles. The Balaban J connectivity index is 1.75. The molecule has 0 radical (unpaired) electrons. The number of hydrogen-bond acceptors (Lipinski definition) is 3. The first kappa shape index (κ1) is 18.8. The molecule has 0 atom stereocenters. The van der Waals surface area contributed by atoms with Gasteiger partial charge in [-0.2, -0.15) is 13.2 Å². The van der Waals surface area contributed by atoms with Gasteiger partial charge >= 0.3 is 6.18 Å². The molecule has 142 valence electrons. The molecule has 1 N–H and O–H groups in total. The zero-order chi connectivity index (χ0) is 19.6. The summed E-state index contributed by atoms with van der Waals surface area (Å²) in [6, 6.07) is 8.49. The number of alkyl halides is 3. The smallest absolute Gasteiger partial charge is 0.422 e. The SMILES string of the molecule is Cc1ccc2c(CC(=O)Nc3ccc(F)cc3OCC(F)(F)F)coc2c1. The molecule has 0 saturated carbocycles. The summed E-state index contributed by atoms with van der Waals surface area (Å²) in [5.74, 6) is -1.67. The molecule has 27 heavy (non-hydrogen) atoms. The summed E-state index contributed by atoms with van der Waals surface area (Å²) < 4.78 is 60.4. The first-order valence-corrected chi connectivity index (χ1v) is 7.97. The van der Waals surface area contributed by atoms with Crippen LogP contribution in [0.25, 0.3) is 11.0 Å². The molecular formula is C19H15F4NO3. The predicted octanol–water partition coefficient (Wildman–Crippen LogP) is 5.00. The van der Waals surface area contributed by atoms with Crippen LogP contribution in [0.1, 0.15) is 11.1 Å². The van der Waals surface area contributed by atoms with Gasteiger partial charge in [-0.25, -0.2) is 4.39 Å². The standard InChI is InChI=1S/C19H15F4NO3/c1-11-2-4-14-12(9-26-16(14)6-11)7-18(25)24-15-5-3-13(20)8-17(15)27-10-19(21,22)23/h2-6,8-9H,7,10H2,1H3,(H,24,25). The number of nitrogens with one attached hydrogen (secondary N) is 1. The number of carbonyl (C=O) groups is 1. The summed E-state index contributed by atoms with van der Waals surface area (Å²) in [6.07, 6.45) is -3.19. The van der Waals surface area contributed by atoms with Gasteiger partial charge in [-0.05, 0) is 30.7 Å². The number of benzene rings is 2. The van der Waals surface area contributed by atoms with Crippen molar-refractivity contribution in [1.82, 2.24) is 0 Å². The Morgan fingerprint density at radius 1 is 1.19 bits per heavy atom. The van der Waals surface area contributed by atoms with E-state index in [0.29, 0.717) is 11.1 Å². The quantitative estimate of drug-likeness (QED) is 0.633. The van der Waals surface area contributed by atoms with Crippen LogP contribution in [-0.2, 0) is 11.2 Å². The number of amides is 1. The Kier molecular flexibility index (Phi) is 5.07. The van der Waals surface area contributed by atoms with E-state index in [1.165, 1.54) is 6.26 Å². The van der Waals surface area contributed by atoms with E-state index < -0.39 is 30.3 Å². The number of furan rings is 1. The monoisotopic (exact) mass is 381 g/mol. The number of anilines is 1. The van der Waals surface area contributed by atoms with Crippen molar-refractivity contribution in [2.75, 3.05) is 11.9 Å². The average Bonchev–Trinajstić information content (AvgIpc) is 2.96. The molecule has 1 heterocycles. The largest absolute Gasteiger partial charge is 0.482 e. The lowest BCUT2D eigenvalue weighted by atomic mass is 10.1. The van der Waals surface area contributed by atoms with E-state index in [1.54, 1.807) is 0 Å². The van der Waals surface area contributed by atoms with E-state index in [-0.39, 0.29) is 12.1 Å². The predicted molar refractivity (Wildman–Crippen MR) is 91.2 cm³/mol. The highest BCUT2D eigenvalue weighted by atomic mass is 19.4. The van der Waals surface area contributed by atoms with Crippen molar-refractivity contribution in [3.05, 3.63) is 59.6 Å². The van der Waals surface area contributed by atoms with Crippen LogP contribution in [0.2, 0.25) is 0 Å². The Morgan fingerprint density at radius 2 is 1.96 bits per heavy atom. The van der Waals surface area contributed by atoms with Crippen LogP contribution in [0.5, 0.6) is 5.75 Å². The fourth-order valence-corrected chi connectivity index (χ4v) is 2.57. The highest BCUT2D eigenvalue weighted by Crippen LogP contribution is 2.28. The van der Waals surface area contributed by atoms with Crippen molar-refractivity contribution in [2.24, 2.45) is 0 Å². The third-order valence-corrected chi connectivity index (χ3v) is 3.77. The fraction of sp³-hybridized carbons (Fsp3) is 0.211. The van der Waals surface area contributed by atoms with E-state index in [4.69, 9.17) is 4.42 Å². The van der Waals surface area contributed by atoms with Gasteiger partial charge in [-0.15, -0.1) is 0 Å². The van der Waals surface area contributed by atoms with Crippen molar-refractivity contribution in [1.29, 1.82) is 0 Å². The summed E-state index contributed by atoms with van der Waals surface area (Å²) in [5, 5.41) is 3.22. The number of halogens is 4. The van der Waals surface area contributed by atoms with E-state index in [2.05, 4.69) is 10.1 Å². The van der Waals surface area contributed by atoms with E-state index in [1.807, 2.05) is 25.1 Å². The maximum atomic E-state index is 13.3. The number of hydrogen-bond donors (Lipinski definition) is 1. The van der Waals surface area contributed by atoms with Crippen molar-refractivity contribution in [2.45, 2.75) is 19.5 Å². The highest BCUT2D eigenvalue weighted by molar-refractivity contribution is 5.96. The highest BCUT2D eigenvalue weighted by Gasteiger charge is 2.29. The number of rotatable bonds is 5. The summed E-state index contributed by atoms with van der Waals surface area (Å²) in [5.41, 5.74) is 2.22. The molecule has 0 unspecified atom stereocenters. The third-order valence-electron chi connectivity index (χ3n) is 3.77. The van der Waals surface area contributed by atoms with E-state index >= 15 is 0 Å². The second-order valence-corrected chi connectivity index (χ2v) is 6.03. The van der Waals surface area contributed by atoms with Crippen LogP contribution >= 0.6 is 0 Å². The lowest BCUT2D eigenvalue weighted by molar-refractivity contribution is -0.153. The zero-order valence-corrected chi connectivity index (χ0v) is 14.2. The number of aryl methyl sites for hydroxylation is 1. The normalized spacial score (nSPS) is 11.6. The number of ether oxygens (including phenoxy) is 1. The van der Waals surface area contributed by atoms with Gasteiger partial charge in [0.05, 0.1) is 18.4 Å². The molecule has 8 heteroatoms. The summed E-state index contributed by atoms with van der Waals surface area (Å²) in [7, 11) is 0. The summed E-state index contributed by atoms with van der Waals surface area (Å²) in [4.78, 5) is 12.3. The third kappa shape index (κ3) is 4.78. The average molecular weight is 381 g/mol. The van der Waals surface area contributed by atoms with E-state index in [9.17, 15) is 22.4 Å². The Morgan fingerprint density at radius 3 is 2.70 bits per heavy atom. The maximum Gasteiger partial charge on any atom is 0.422 e. The topological polar surface area (TPSA) is 51.5 Å². The molecule has 0 aliphatic carbocycles. The molecule has 0 fully saturated rings.